The molecule has 0 aromatic heterocycles. The first-order valence-corrected chi connectivity index (χ1v) is 6.61. The number of hydrogen-bond acceptors (Lipinski definition) is 2. The van der Waals surface area contributed by atoms with Gasteiger partial charge in [0.1, 0.15) is 0 Å². The quantitative estimate of drug-likeness (QED) is 0.843. The number of nitrogens with zero attached hydrogens (tertiary/aromatic N) is 1. The molecule has 0 aromatic carbocycles. The number of alkyl halides is 3. The van der Waals surface area contributed by atoms with Crippen LogP contribution in [0.1, 0.15) is 40.5 Å². The van der Waals surface area contributed by atoms with Gasteiger partial charge in [-0.25, -0.2) is 0 Å². The van der Waals surface area contributed by atoms with Crippen molar-refractivity contribution >= 4 is 0 Å². The van der Waals surface area contributed by atoms with E-state index < -0.39 is 12.7 Å². The standard InChI is InChI=1S/C13H23F3N2/c1-9-5-12(7-17-8-13(14,15)16)6-10(12)18(9)11(2,3)4/h9-10,17H,5-8H2,1-4H3/t9-,10-,12+/m1/s1. The van der Waals surface area contributed by atoms with Crippen LogP contribution in [-0.4, -0.2) is 41.8 Å². The topological polar surface area (TPSA) is 15.3 Å². The first-order chi connectivity index (χ1) is 8.05. The zero-order chi connectivity index (χ0) is 13.8. The van der Waals surface area contributed by atoms with E-state index in [0.717, 1.165) is 12.8 Å². The van der Waals surface area contributed by atoms with Gasteiger partial charge in [0, 0.05) is 29.6 Å². The monoisotopic (exact) mass is 264 g/mol. The molecular weight excluding hydrogens is 241 g/mol. The van der Waals surface area contributed by atoms with Crippen molar-refractivity contribution in [3.8, 4) is 0 Å². The fourth-order valence-electron chi connectivity index (χ4n) is 3.78. The van der Waals surface area contributed by atoms with Crippen LogP contribution in [0.5, 0.6) is 0 Å². The number of piperidine rings is 1. The van der Waals surface area contributed by atoms with Crippen LogP contribution in [0, 0.1) is 5.41 Å². The number of likely N-dealkylation sites (tertiary alicyclic amines) is 1. The van der Waals surface area contributed by atoms with Gasteiger partial charge < -0.3 is 5.32 Å². The number of nitrogens with one attached hydrogen (secondary N) is 1. The molecule has 5 heteroatoms. The minimum absolute atomic E-state index is 0.0952. The van der Waals surface area contributed by atoms with Crippen LogP contribution >= 0.6 is 0 Å². The van der Waals surface area contributed by atoms with E-state index in [1.807, 2.05) is 0 Å². The van der Waals surface area contributed by atoms with Gasteiger partial charge in [-0.15, -0.1) is 0 Å². The molecule has 18 heavy (non-hydrogen) atoms. The number of hydrogen-bond donors (Lipinski definition) is 1. The van der Waals surface area contributed by atoms with E-state index in [0.29, 0.717) is 18.6 Å². The van der Waals surface area contributed by atoms with Crippen molar-refractivity contribution in [1.82, 2.24) is 10.2 Å². The van der Waals surface area contributed by atoms with E-state index >= 15 is 0 Å². The minimum atomic E-state index is -4.10. The van der Waals surface area contributed by atoms with Crippen LogP contribution in [0.4, 0.5) is 13.2 Å². The fraction of sp³-hybridized carbons (Fsp3) is 1.00. The van der Waals surface area contributed by atoms with Crippen molar-refractivity contribution in [3.05, 3.63) is 0 Å². The molecule has 2 nitrogen and oxygen atoms in total. The van der Waals surface area contributed by atoms with Gasteiger partial charge in [-0.05, 0) is 40.5 Å². The van der Waals surface area contributed by atoms with Crippen molar-refractivity contribution < 1.29 is 13.2 Å². The predicted octanol–water partition coefficient (Wildman–Crippen LogP) is 2.79. The van der Waals surface area contributed by atoms with Gasteiger partial charge in [0.15, 0.2) is 0 Å². The Kier molecular flexibility index (Phi) is 3.22. The summed E-state index contributed by atoms with van der Waals surface area (Å²) in [7, 11) is 0. The van der Waals surface area contributed by atoms with E-state index in [4.69, 9.17) is 0 Å². The molecule has 0 spiro atoms. The van der Waals surface area contributed by atoms with Crippen molar-refractivity contribution in [2.45, 2.75) is 64.3 Å². The highest BCUT2D eigenvalue weighted by atomic mass is 19.4. The lowest BCUT2D eigenvalue weighted by atomic mass is 9.99. The summed E-state index contributed by atoms with van der Waals surface area (Å²) in [6.07, 6.45) is -2.05. The van der Waals surface area contributed by atoms with Gasteiger partial charge in [0.2, 0.25) is 0 Å². The van der Waals surface area contributed by atoms with Crippen LogP contribution in [0.15, 0.2) is 0 Å². The maximum Gasteiger partial charge on any atom is 0.401 e. The summed E-state index contributed by atoms with van der Waals surface area (Å²) in [5.41, 5.74) is 0.199. The highest BCUT2D eigenvalue weighted by Gasteiger charge is 2.64. The zero-order valence-corrected chi connectivity index (χ0v) is 11.6. The fourth-order valence-corrected chi connectivity index (χ4v) is 3.78. The SMILES string of the molecule is C[C@@H]1C[C@@]2(CNCC(F)(F)F)C[C@H]2N1C(C)(C)C. The smallest absolute Gasteiger partial charge is 0.308 e. The molecule has 1 aliphatic carbocycles. The summed E-state index contributed by atoms with van der Waals surface area (Å²) >= 11 is 0. The van der Waals surface area contributed by atoms with Crippen LogP contribution in [0.2, 0.25) is 0 Å². The van der Waals surface area contributed by atoms with Crippen LogP contribution in [0.25, 0.3) is 0 Å². The third-order valence-corrected chi connectivity index (χ3v) is 4.24. The highest BCUT2D eigenvalue weighted by Crippen LogP contribution is 2.60. The van der Waals surface area contributed by atoms with Gasteiger partial charge >= 0.3 is 6.18 Å². The Balaban J connectivity index is 1.90. The zero-order valence-electron chi connectivity index (χ0n) is 11.6. The van der Waals surface area contributed by atoms with Gasteiger partial charge in [0.05, 0.1) is 6.54 Å². The summed E-state index contributed by atoms with van der Waals surface area (Å²) in [4.78, 5) is 2.47. The van der Waals surface area contributed by atoms with Crippen molar-refractivity contribution in [1.29, 1.82) is 0 Å². The Bertz CT molecular complexity index is 321. The molecule has 0 radical (unpaired) electrons. The Hall–Kier alpha value is -0.290. The van der Waals surface area contributed by atoms with Crippen LogP contribution in [0.3, 0.4) is 0 Å². The Morgan fingerprint density at radius 1 is 1.22 bits per heavy atom. The summed E-state index contributed by atoms with van der Waals surface area (Å²) in [6.45, 7) is 8.35. The molecule has 0 aromatic rings. The van der Waals surface area contributed by atoms with Gasteiger partial charge in [-0.1, -0.05) is 0 Å². The number of halogens is 3. The molecule has 3 atom stereocenters. The lowest BCUT2D eigenvalue weighted by Crippen LogP contribution is -2.45. The van der Waals surface area contributed by atoms with Gasteiger partial charge in [-0.3, -0.25) is 4.90 Å². The highest BCUT2D eigenvalue weighted by molar-refractivity contribution is 5.19. The van der Waals surface area contributed by atoms with E-state index in [-0.39, 0.29) is 11.0 Å². The largest absolute Gasteiger partial charge is 0.401 e. The lowest BCUT2D eigenvalue weighted by molar-refractivity contribution is -0.125. The maximum atomic E-state index is 12.1. The molecule has 0 bridgehead atoms. The van der Waals surface area contributed by atoms with Gasteiger partial charge in [0.25, 0.3) is 0 Å². The second-order valence-electron chi connectivity index (χ2n) is 6.93. The molecule has 2 fully saturated rings. The summed E-state index contributed by atoms with van der Waals surface area (Å²) in [5.74, 6) is 0. The number of fused-ring (bicyclic) bond motifs is 1. The molecule has 1 saturated heterocycles. The van der Waals surface area contributed by atoms with E-state index in [1.54, 1.807) is 0 Å². The second-order valence-corrected chi connectivity index (χ2v) is 6.93. The minimum Gasteiger partial charge on any atom is -0.308 e. The van der Waals surface area contributed by atoms with Gasteiger partial charge in [-0.2, -0.15) is 13.2 Å². The van der Waals surface area contributed by atoms with Crippen molar-refractivity contribution in [2.24, 2.45) is 5.41 Å². The average molecular weight is 264 g/mol. The molecule has 1 N–H and O–H groups in total. The molecule has 2 rings (SSSR count). The van der Waals surface area contributed by atoms with Crippen molar-refractivity contribution in [2.75, 3.05) is 13.1 Å². The first-order valence-electron chi connectivity index (χ1n) is 6.61. The van der Waals surface area contributed by atoms with Crippen LogP contribution < -0.4 is 5.32 Å². The Morgan fingerprint density at radius 3 is 2.28 bits per heavy atom. The molecular formula is C13H23F3N2. The summed E-state index contributed by atoms with van der Waals surface area (Å²) in [6, 6.07) is 0.935. The van der Waals surface area contributed by atoms with E-state index in [9.17, 15) is 13.2 Å². The van der Waals surface area contributed by atoms with E-state index in [1.165, 1.54) is 0 Å². The third kappa shape index (κ3) is 2.67. The predicted molar refractivity (Wildman–Crippen MR) is 65.4 cm³/mol. The molecule has 0 unspecified atom stereocenters. The summed E-state index contributed by atoms with van der Waals surface area (Å²) in [5, 5.41) is 2.59. The maximum absolute atomic E-state index is 12.1. The first kappa shape index (κ1) is 14.1. The Labute approximate surface area is 107 Å². The molecule has 106 valence electrons. The lowest BCUT2D eigenvalue weighted by Gasteiger charge is -2.37. The molecule has 2 aliphatic rings. The number of rotatable bonds is 3. The third-order valence-electron chi connectivity index (χ3n) is 4.24. The molecule has 0 amide bonds. The molecule has 1 aliphatic heterocycles. The van der Waals surface area contributed by atoms with Crippen LogP contribution in [-0.2, 0) is 0 Å². The Morgan fingerprint density at radius 2 is 1.83 bits per heavy atom. The summed E-state index contributed by atoms with van der Waals surface area (Å²) < 4.78 is 36.4. The van der Waals surface area contributed by atoms with Crippen molar-refractivity contribution in [3.63, 3.8) is 0 Å². The average Bonchev–Trinajstić information content (AvgIpc) is 2.66. The molecule has 1 saturated carbocycles. The second kappa shape index (κ2) is 4.10. The normalized spacial score (nSPS) is 36.8. The van der Waals surface area contributed by atoms with E-state index in [2.05, 4.69) is 37.9 Å². The molecule has 1 heterocycles.